The molecule has 0 aromatic heterocycles. The number of phenolic OH excluding ortho intramolecular Hbond substituents is 3. The van der Waals surface area contributed by atoms with E-state index in [1.165, 1.54) is 6.92 Å². The van der Waals surface area contributed by atoms with Gasteiger partial charge < -0.3 is 24.8 Å². The van der Waals surface area contributed by atoms with Crippen molar-refractivity contribution in [3.63, 3.8) is 0 Å². The van der Waals surface area contributed by atoms with Gasteiger partial charge in [-0.15, -0.1) is 0 Å². The maximum absolute atomic E-state index is 12.0. The van der Waals surface area contributed by atoms with Crippen LogP contribution >= 0.6 is 0 Å². The summed E-state index contributed by atoms with van der Waals surface area (Å²) in [6.07, 6.45) is 3.99. The summed E-state index contributed by atoms with van der Waals surface area (Å²) in [4.78, 5) is 12.0. The molecule has 2 atom stereocenters. The number of hydrogen-bond acceptors (Lipinski definition) is 6. The van der Waals surface area contributed by atoms with Crippen molar-refractivity contribution in [2.24, 2.45) is 0 Å². The van der Waals surface area contributed by atoms with Gasteiger partial charge in [0.15, 0.2) is 5.78 Å². The lowest BCUT2D eigenvalue weighted by Crippen LogP contribution is -2.17. The van der Waals surface area contributed by atoms with Gasteiger partial charge in [0.05, 0.1) is 23.3 Å². The summed E-state index contributed by atoms with van der Waals surface area (Å²) in [6, 6.07) is 0. The first kappa shape index (κ1) is 17.0. The van der Waals surface area contributed by atoms with Gasteiger partial charge in [-0.3, -0.25) is 4.79 Å². The van der Waals surface area contributed by atoms with E-state index in [0.717, 1.165) is 25.7 Å². The third-order valence-electron chi connectivity index (χ3n) is 4.85. The zero-order valence-electron chi connectivity index (χ0n) is 13.9. The summed E-state index contributed by atoms with van der Waals surface area (Å²) in [7, 11) is 0. The number of rotatable bonds is 3. The molecule has 1 aromatic rings. The number of carbonyl (C=O) groups excluding carboxylic acids is 1. The monoisotopic (exact) mass is 336 g/mol. The van der Waals surface area contributed by atoms with Crippen LogP contribution in [-0.2, 0) is 9.47 Å². The molecule has 0 spiro atoms. The van der Waals surface area contributed by atoms with Crippen LogP contribution in [0.3, 0.4) is 0 Å². The van der Waals surface area contributed by atoms with Crippen LogP contribution in [0.1, 0.15) is 79.1 Å². The molecule has 0 saturated carbocycles. The van der Waals surface area contributed by atoms with Crippen LogP contribution in [-0.4, -0.2) is 34.3 Å². The molecule has 0 aliphatic carbocycles. The first-order chi connectivity index (χ1) is 11.5. The molecule has 2 saturated heterocycles. The Morgan fingerprint density at radius 2 is 1.29 bits per heavy atom. The second-order valence-corrected chi connectivity index (χ2v) is 6.51. The predicted molar refractivity (Wildman–Crippen MR) is 86.5 cm³/mol. The highest BCUT2D eigenvalue weighted by Crippen LogP contribution is 2.51. The standard InChI is InChI=1S/C18H24O6/c1-10(19)13-16(20)14(11-6-2-4-8-23-11)18(22)15(17(13)21)12-7-3-5-9-24-12/h11-12,20-22H,2-9H2,1H3. The predicted octanol–water partition coefficient (Wildman–Crippen LogP) is 3.49. The summed E-state index contributed by atoms with van der Waals surface area (Å²) in [5, 5.41) is 31.8. The number of carbonyl (C=O) groups is 1. The Bertz CT molecular complexity index is 582. The fourth-order valence-electron chi connectivity index (χ4n) is 3.63. The van der Waals surface area contributed by atoms with Crippen molar-refractivity contribution in [3.05, 3.63) is 16.7 Å². The second-order valence-electron chi connectivity index (χ2n) is 6.51. The van der Waals surface area contributed by atoms with Crippen molar-refractivity contribution < 1.29 is 29.6 Å². The van der Waals surface area contributed by atoms with E-state index in [-0.39, 0.29) is 33.9 Å². The van der Waals surface area contributed by atoms with Crippen LogP contribution in [0.4, 0.5) is 0 Å². The SMILES string of the molecule is CC(=O)c1c(O)c(C2CCCCO2)c(O)c(C2CCCCO2)c1O. The zero-order chi connectivity index (χ0) is 17.3. The quantitative estimate of drug-likeness (QED) is 0.731. The summed E-state index contributed by atoms with van der Waals surface area (Å²) in [5.74, 6) is -1.44. The topological polar surface area (TPSA) is 96.2 Å². The normalized spacial score (nSPS) is 24.7. The van der Waals surface area contributed by atoms with Crippen LogP contribution in [0, 0.1) is 0 Å². The minimum atomic E-state index is -0.486. The van der Waals surface area contributed by atoms with E-state index in [0.29, 0.717) is 26.1 Å². The van der Waals surface area contributed by atoms with Gasteiger partial charge in [-0.05, 0) is 45.4 Å². The molecule has 6 nitrogen and oxygen atoms in total. The molecule has 2 aliphatic heterocycles. The summed E-state index contributed by atoms with van der Waals surface area (Å²) >= 11 is 0. The maximum atomic E-state index is 12.0. The van der Waals surface area contributed by atoms with E-state index in [1.807, 2.05) is 0 Å². The van der Waals surface area contributed by atoms with Crippen LogP contribution in [0.2, 0.25) is 0 Å². The molecule has 24 heavy (non-hydrogen) atoms. The van der Waals surface area contributed by atoms with Crippen LogP contribution < -0.4 is 0 Å². The van der Waals surface area contributed by atoms with Crippen LogP contribution in [0.25, 0.3) is 0 Å². The van der Waals surface area contributed by atoms with Crippen LogP contribution in [0.5, 0.6) is 17.2 Å². The Hall–Kier alpha value is -1.79. The first-order valence-electron chi connectivity index (χ1n) is 8.57. The smallest absolute Gasteiger partial charge is 0.167 e. The van der Waals surface area contributed by atoms with Crippen molar-refractivity contribution in [2.45, 2.75) is 57.7 Å². The van der Waals surface area contributed by atoms with Crippen molar-refractivity contribution in [1.29, 1.82) is 0 Å². The molecule has 6 heteroatoms. The van der Waals surface area contributed by atoms with Gasteiger partial charge in [-0.2, -0.15) is 0 Å². The van der Waals surface area contributed by atoms with Crippen molar-refractivity contribution >= 4 is 5.78 Å². The Kier molecular flexibility index (Phi) is 4.96. The third kappa shape index (κ3) is 2.96. The van der Waals surface area contributed by atoms with Gasteiger partial charge in [0.1, 0.15) is 22.8 Å². The van der Waals surface area contributed by atoms with Gasteiger partial charge in [-0.1, -0.05) is 0 Å². The largest absolute Gasteiger partial charge is 0.507 e. The summed E-state index contributed by atoms with van der Waals surface area (Å²) in [6.45, 7) is 2.35. The number of ketones is 1. The Morgan fingerprint density at radius 3 is 1.62 bits per heavy atom. The fourth-order valence-corrected chi connectivity index (χ4v) is 3.63. The molecule has 1 aromatic carbocycles. The van der Waals surface area contributed by atoms with E-state index >= 15 is 0 Å². The Morgan fingerprint density at radius 1 is 0.833 bits per heavy atom. The Labute approximate surface area is 141 Å². The summed E-state index contributed by atoms with van der Waals surface area (Å²) < 4.78 is 11.4. The number of phenols is 3. The molecule has 3 N–H and O–H groups in total. The highest BCUT2D eigenvalue weighted by Gasteiger charge is 2.34. The highest BCUT2D eigenvalue weighted by molar-refractivity contribution is 6.01. The molecule has 0 bridgehead atoms. The molecular formula is C18H24O6. The molecular weight excluding hydrogens is 312 g/mol. The minimum absolute atomic E-state index is 0.166. The highest BCUT2D eigenvalue weighted by atomic mass is 16.5. The van der Waals surface area contributed by atoms with Crippen molar-refractivity contribution in [1.82, 2.24) is 0 Å². The Balaban J connectivity index is 2.16. The minimum Gasteiger partial charge on any atom is -0.507 e. The number of hydrogen-bond donors (Lipinski definition) is 3. The molecule has 2 fully saturated rings. The molecule has 2 heterocycles. The molecule has 2 aliphatic rings. The third-order valence-corrected chi connectivity index (χ3v) is 4.85. The number of benzene rings is 1. The van der Waals surface area contributed by atoms with E-state index in [4.69, 9.17) is 9.47 Å². The molecule has 2 unspecified atom stereocenters. The van der Waals surface area contributed by atoms with Gasteiger partial charge in [0, 0.05) is 13.2 Å². The molecule has 0 radical (unpaired) electrons. The summed E-state index contributed by atoms with van der Waals surface area (Å²) in [5.41, 5.74) is 0.227. The van der Waals surface area contributed by atoms with E-state index in [2.05, 4.69) is 0 Å². The van der Waals surface area contributed by atoms with Gasteiger partial charge >= 0.3 is 0 Å². The zero-order valence-corrected chi connectivity index (χ0v) is 13.9. The average Bonchev–Trinajstić information content (AvgIpc) is 2.56. The van der Waals surface area contributed by atoms with Crippen LogP contribution in [0.15, 0.2) is 0 Å². The van der Waals surface area contributed by atoms with Crippen molar-refractivity contribution in [2.75, 3.05) is 13.2 Å². The van der Waals surface area contributed by atoms with E-state index in [9.17, 15) is 20.1 Å². The second kappa shape index (κ2) is 6.99. The van der Waals surface area contributed by atoms with Gasteiger partial charge in [0.2, 0.25) is 0 Å². The lowest BCUT2D eigenvalue weighted by Gasteiger charge is -2.30. The lowest BCUT2D eigenvalue weighted by atomic mass is 9.89. The number of ether oxygens (including phenoxy) is 2. The lowest BCUT2D eigenvalue weighted by molar-refractivity contribution is 0.00632. The average molecular weight is 336 g/mol. The van der Waals surface area contributed by atoms with E-state index < -0.39 is 18.0 Å². The molecule has 132 valence electrons. The van der Waals surface area contributed by atoms with Gasteiger partial charge in [-0.25, -0.2) is 0 Å². The maximum Gasteiger partial charge on any atom is 0.167 e. The first-order valence-corrected chi connectivity index (χ1v) is 8.57. The van der Waals surface area contributed by atoms with E-state index in [1.54, 1.807) is 0 Å². The van der Waals surface area contributed by atoms with Gasteiger partial charge in [0.25, 0.3) is 0 Å². The molecule has 3 rings (SSSR count). The molecule has 0 amide bonds. The fraction of sp³-hybridized carbons (Fsp3) is 0.611. The number of aromatic hydroxyl groups is 3. The van der Waals surface area contributed by atoms with Crippen molar-refractivity contribution in [3.8, 4) is 17.2 Å². The number of Topliss-reactive ketones (excluding diaryl/α,β-unsaturated/α-hetero) is 1.